The number of benzene rings is 3. The van der Waals surface area contributed by atoms with Gasteiger partial charge in [0.2, 0.25) is 0 Å². The van der Waals surface area contributed by atoms with Gasteiger partial charge in [-0.3, -0.25) is 9.59 Å². The van der Waals surface area contributed by atoms with Crippen LogP contribution in [-0.4, -0.2) is 18.9 Å². The van der Waals surface area contributed by atoms with Crippen molar-refractivity contribution in [3.63, 3.8) is 0 Å². The molecule has 3 aromatic carbocycles. The summed E-state index contributed by atoms with van der Waals surface area (Å²) in [7, 11) is 1.56. The number of nitrogens with zero attached hydrogens (tertiary/aromatic N) is 1. The molecule has 0 aromatic heterocycles. The number of nitrogens with one attached hydrogen (secondary N) is 1. The van der Waals surface area contributed by atoms with E-state index in [9.17, 15) is 9.59 Å². The number of halogens is 1. The summed E-state index contributed by atoms with van der Waals surface area (Å²) >= 11 is 6.03. The van der Waals surface area contributed by atoms with E-state index in [4.69, 9.17) is 16.3 Å². The quantitative estimate of drug-likeness (QED) is 0.551. The number of aryl methyl sites for hydroxylation is 2. The molecule has 2 amide bonds. The first-order chi connectivity index (χ1) is 14.9. The van der Waals surface area contributed by atoms with E-state index in [0.29, 0.717) is 27.6 Å². The Morgan fingerprint density at radius 2 is 1.45 bits per heavy atom. The molecule has 0 spiro atoms. The first kappa shape index (κ1) is 20.7. The van der Waals surface area contributed by atoms with E-state index in [1.807, 2.05) is 32.0 Å². The van der Waals surface area contributed by atoms with Crippen LogP contribution in [0.2, 0.25) is 5.02 Å². The normalized spacial score (nSPS) is 13.7. The van der Waals surface area contributed by atoms with Gasteiger partial charge in [0.15, 0.2) is 0 Å². The number of methoxy groups -OCH3 is 1. The van der Waals surface area contributed by atoms with Gasteiger partial charge in [0.25, 0.3) is 11.8 Å². The van der Waals surface area contributed by atoms with Gasteiger partial charge in [-0.15, -0.1) is 0 Å². The number of rotatable bonds is 5. The maximum atomic E-state index is 13.4. The average Bonchev–Trinajstić information content (AvgIpc) is 2.98. The third-order valence-electron chi connectivity index (χ3n) is 5.04. The SMILES string of the molecule is COc1ccc(N2C(=O)C(Nc3cc(C)cc(C)c3)=C(c3ccc(Cl)cc3)C2=O)cc1. The Balaban J connectivity index is 1.81. The molecule has 0 bridgehead atoms. The van der Waals surface area contributed by atoms with Crippen molar-refractivity contribution in [2.75, 3.05) is 17.3 Å². The second kappa shape index (κ2) is 8.28. The number of carbonyl (C=O) groups is 2. The molecule has 0 unspecified atom stereocenters. The highest BCUT2D eigenvalue weighted by molar-refractivity contribution is 6.46. The summed E-state index contributed by atoms with van der Waals surface area (Å²) < 4.78 is 5.19. The Morgan fingerprint density at radius 3 is 2.03 bits per heavy atom. The number of ether oxygens (including phenoxy) is 1. The van der Waals surface area contributed by atoms with Gasteiger partial charge < -0.3 is 10.1 Å². The van der Waals surface area contributed by atoms with Gasteiger partial charge >= 0.3 is 0 Å². The molecule has 1 aliphatic rings. The summed E-state index contributed by atoms with van der Waals surface area (Å²) in [4.78, 5) is 28.0. The molecule has 3 aromatic rings. The summed E-state index contributed by atoms with van der Waals surface area (Å²) in [6, 6.07) is 19.6. The summed E-state index contributed by atoms with van der Waals surface area (Å²) in [6.07, 6.45) is 0. The number of hydrogen-bond donors (Lipinski definition) is 1. The lowest BCUT2D eigenvalue weighted by Crippen LogP contribution is -2.32. The zero-order valence-corrected chi connectivity index (χ0v) is 18.2. The topological polar surface area (TPSA) is 58.6 Å². The Morgan fingerprint density at radius 1 is 0.839 bits per heavy atom. The predicted octanol–water partition coefficient (Wildman–Crippen LogP) is 5.36. The Kier molecular flexibility index (Phi) is 5.53. The molecule has 31 heavy (non-hydrogen) atoms. The molecular formula is C25H21ClN2O3. The van der Waals surface area contributed by atoms with Crippen LogP contribution >= 0.6 is 11.6 Å². The first-order valence-electron chi connectivity index (χ1n) is 9.76. The van der Waals surface area contributed by atoms with Crippen molar-refractivity contribution in [2.45, 2.75) is 13.8 Å². The van der Waals surface area contributed by atoms with Crippen LogP contribution in [0.5, 0.6) is 5.75 Å². The maximum absolute atomic E-state index is 13.4. The summed E-state index contributed by atoms with van der Waals surface area (Å²) in [5.41, 5.74) is 4.48. The Bertz CT molecular complexity index is 1180. The van der Waals surface area contributed by atoms with E-state index in [1.165, 1.54) is 4.90 Å². The highest BCUT2D eigenvalue weighted by Gasteiger charge is 2.40. The van der Waals surface area contributed by atoms with Crippen molar-refractivity contribution in [1.82, 2.24) is 0 Å². The minimum absolute atomic E-state index is 0.230. The fraction of sp³-hybridized carbons (Fsp3) is 0.120. The number of amides is 2. The lowest BCUT2D eigenvalue weighted by Gasteiger charge is -2.16. The molecule has 1 heterocycles. The number of carbonyl (C=O) groups excluding carboxylic acids is 2. The van der Waals surface area contributed by atoms with Gasteiger partial charge in [0, 0.05) is 10.7 Å². The molecule has 156 valence electrons. The minimum Gasteiger partial charge on any atom is -0.497 e. The molecule has 0 radical (unpaired) electrons. The summed E-state index contributed by atoms with van der Waals surface area (Å²) in [5, 5.41) is 3.75. The molecule has 6 heteroatoms. The van der Waals surface area contributed by atoms with Crippen molar-refractivity contribution in [2.24, 2.45) is 0 Å². The van der Waals surface area contributed by atoms with Crippen LogP contribution in [0.25, 0.3) is 5.57 Å². The lowest BCUT2D eigenvalue weighted by molar-refractivity contribution is -0.120. The minimum atomic E-state index is -0.417. The van der Waals surface area contributed by atoms with Crippen LogP contribution in [0.3, 0.4) is 0 Å². The third-order valence-corrected chi connectivity index (χ3v) is 5.29. The van der Waals surface area contributed by atoms with Gasteiger partial charge in [0.05, 0.1) is 18.4 Å². The van der Waals surface area contributed by atoms with Crippen LogP contribution in [-0.2, 0) is 9.59 Å². The standard InChI is InChI=1S/C25H21ClN2O3/c1-15-12-16(2)14-19(13-15)27-23-22(17-4-6-18(26)7-5-17)24(29)28(25(23)30)20-8-10-21(31-3)11-9-20/h4-14,27H,1-3H3. The van der Waals surface area contributed by atoms with E-state index in [0.717, 1.165) is 16.8 Å². The second-order valence-electron chi connectivity index (χ2n) is 7.40. The van der Waals surface area contributed by atoms with Crippen LogP contribution in [0.15, 0.2) is 72.4 Å². The zero-order valence-electron chi connectivity index (χ0n) is 17.4. The molecule has 1 N–H and O–H groups in total. The molecule has 1 aliphatic heterocycles. The molecule has 5 nitrogen and oxygen atoms in total. The van der Waals surface area contributed by atoms with Crippen molar-refractivity contribution in [3.05, 3.63) is 94.1 Å². The maximum Gasteiger partial charge on any atom is 0.282 e. The van der Waals surface area contributed by atoms with Crippen LogP contribution < -0.4 is 15.0 Å². The first-order valence-corrected chi connectivity index (χ1v) is 10.1. The monoisotopic (exact) mass is 432 g/mol. The zero-order chi connectivity index (χ0) is 22.1. The molecule has 0 saturated heterocycles. The van der Waals surface area contributed by atoms with Crippen molar-refractivity contribution in [3.8, 4) is 5.75 Å². The second-order valence-corrected chi connectivity index (χ2v) is 7.84. The van der Waals surface area contributed by atoms with Crippen LogP contribution in [0.1, 0.15) is 16.7 Å². The summed E-state index contributed by atoms with van der Waals surface area (Å²) in [6.45, 7) is 3.97. The predicted molar refractivity (Wildman–Crippen MR) is 123 cm³/mol. The van der Waals surface area contributed by atoms with E-state index in [1.54, 1.807) is 55.6 Å². The molecule has 0 fully saturated rings. The Labute approximate surface area is 185 Å². The van der Waals surface area contributed by atoms with Crippen LogP contribution in [0, 0.1) is 13.8 Å². The smallest absolute Gasteiger partial charge is 0.282 e. The number of hydrogen-bond acceptors (Lipinski definition) is 4. The van der Waals surface area contributed by atoms with Gasteiger partial charge in [-0.2, -0.15) is 0 Å². The summed E-state index contributed by atoms with van der Waals surface area (Å²) in [5.74, 6) is -0.175. The number of imide groups is 1. The van der Waals surface area contributed by atoms with E-state index in [-0.39, 0.29) is 5.70 Å². The molecule has 0 atom stereocenters. The van der Waals surface area contributed by atoms with Crippen LogP contribution in [0.4, 0.5) is 11.4 Å². The van der Waals surface area contributed by atoms with Crippen molar-refractivity contribution >= 4 is 40.4 Å². The fourth-order valence-electron chi connectivity index (χ4n) is 3.69. The number of anilines is 2. The van der Waals surface area contributed by atoms with E-state index >= 15 is 0 Å². The van der Waals surface area contributed by atoms with Crippen molar-refractivity contribution < 1.29 is 14.3 Å². The fourth-order valence-corrected chi connectivity index (χ4v) is 3.81. The van der Waals surface area contributed by atoms with Gasteiger partial charge in [-0.1, -0.05) is 29.8 Å². The van der Waals surface area contributed by atoms with Crippen molar-refractivity contribution in [1.29, 1.82) is 0 Å². The molecule has 0 aliphatic carbocycles. The molecule has 4 rings (SSSR count). The van der Waals surface area contributed by atoms with Gasteiger partial charge in [0.1, 0.15) is 11.4 Å². The molecular weight excluding hydrogens is 412 g/mol. The Hall–Kier alpha value is -3.57. The third kappa shape index (κ3) is 4.05. The van der Waals surface area contributed by atoms with Gasteiger partial charge in [-0.05, 0) is 79.1 Å². The highest BCUT2D eigenvalue weighted by Crippen LogP contribution is 2.35. The van der Waals surface area contributed by atoms with E-state index in [2.05, 4.69) is 5.32 Å². The van der Waals surface area contributed by atoms with Gasteiger partial charge in [-0.25, -0.2) is 4.90 Å². The van der Waals surface area contributed by atoms with E-state index < -0.39 is 11.8 Å². The largest absolute Gasteiger partial charge is 0.497 e. The highest BCUT2D eigenvalue weighted by atomic mass is 35.5. The average molecular weight is 433 g/mol. The molecule has 0 saturated carbocycles. The lowest BCUT2D eigenvalue weighted by atomic mass is 10.0.